The molecule has 0 N–H and O–H groups in total. The normalized spacial score (nSPS) is 13.0. The van der Waals surface area contributed by atoms with Crippen molar-refractivity contribution in [1.29, 1.82) is 0 Å². The smallest absolute Gasteiger partial charge is 0.257 e. The van der Waals surface area contributed by atoms with Gasteiger partial charge < -0.3 is 9.30 Å². The van der Waals surface area contributed by atoms with Crippen molar-refractivity contribution in [1.82, 2.24) is 4.57 Å². The van der Waals surface area contributed by atoms with Crippen molar-refractivity contribution in [2.45, 2.75) is 0 Å². The Labute approximate surface area is 191 Å². The molecule has 2 nitrogen and oxygen atoms in total. The van der Waals surface area contributed by atoms with E-state index in [1.807, 2.05) is 0 Å². The Morgan fingerprint density at radius 1 is 0.576 bits per heavy atom. The van der Waals surface area contributed by atoms with E-state index in [4.69, 9.17) is 4.74 Å². The summed E-state index contributed by atoms with van der Waals surface area (Å²) in [6, 6.07) is 39.1. The lowest BCUT2D eigenvalue weighted by molar-refractivity contribution is 0.487. The summed E-state index contributed by atoms with van der Waals surface area (Å²) in [6.45, 7) is 0.122. The second-order valence-electron chi connectivity index (χ2n) is 8.90. The van der Waals surface area contributed by atoms with Crippen LogP contribution in [0.15, 0.2) is 109 Å². The molecule has 0 atom stereocenters. The van der Waals surface area contributed by atoms with E-state index >= 15 is 0 Å². The zero-order valence-electron chi connectivity index (χ0n) is 17.8. The van der Waals surface area contributed by atoms with Gasteiger partial charge in [0.1, 0.15) is 11.5 Å². The molecule has 0 radical (unpaired) electrons. The van der Waals surface area contributed by atoms with Crippen molar-refractivity contribution in [3.63, 3.8) is 0 Å². The first kappa shape index (κ1) is 17.3. The summed E-state index contributed by atoms with van der Waals surface area (Å²) in [5, 5.41) is 2.60. The molecule has 33 heavy (non-hydrogen) atoms. The molecule has 5 aromatic carbocycles. The van der Waals surface area contributed by atoms with E-state index in [2.05, 4.69) is 114 Å². The van der Waals surface area contributed by atoms with Gasteiger partial charge in [0.05, 0.1) is 5.52 Å². The Bertz CT molecular complexity index is 1750. The first-order valence-corrected chi connectivity index (χ1v) is 11.4. The summed E-state index contributed by atoms with van der Waals surface area (Å²) >= 11 is 0. The van der Waals surface area contributed by atoms with E-state index in [-0.39, 0.29) is 6.71 Å². The number of fused-ring (bicyclic) bond motifs is 7. The molecule has 3 heteroatoms. The standard InChI is InChI=1S/C30H18BNO/c1-2-9-19(10-3-1)20-17-18-22-21-11-4-6-13-24(21)32-25-14-8-16-27-29(25)31(28(20)30(22)32)23-12-5-7-15-26(23)33-27/h1-18H. The number of hydrogen-bond acceptors (Lipinski definition) is 1. The number of hydrogen-bond donors (Lipinski definition) is 0. The number of nitrogens with zero attached hydrogens (tertiary/aromatic N) is 1. The predicted octanol–water partition coefficient (Wildman–Crippen LogP) is 5.39. The Kier molecular flexibility index (Phi) is 3.24. The van der Waals surface area contributed by atoms with Crippen LogP contribution < -0.4 is 21.1 Å². The van der Waals surface area contributed by atoms with Gasteiger partial charge in [-0.1, -0.05) is 84.9 Å². The van der Waals surface area contributed by atoms with Crippen LogP contribution in [0.1, 0.15) is 0 Å². The van der Waals surface area contributed by atoms with Gasteiger partial charge in [-0.15, -0.1) is 0 Å². The van der Waals surface area contributed by atoms with E-state index in [0.29, 0.717) is 0 Å². The fourth-order valence-corrected chi connectivity index (χ4v) is 5.99. The van der Waals surface area contributed by atoms with Crippen molar-refractivity contribution in [3.8, 4) is 28.3 Å². The minimum Gasteiger partial charge on any atom is -0.458 e. The molecule has 8 rings (SSSR count). The molecular weight excluding hydrogens is 401 g/mol. The summed E-state index contributed by atoms with van der Waals surface area (Å²) in [5.74, 6) is 1.91. The van der Waals surface area contributed by atoms with Crippen molar-refractivity contribution in [2.75, 3.05) is 0 Å². The Balaban J connectivity index is 1.64. The highest BCUT2D eigenvalue weighted by molar-refractivity contribution is 7.00. The van der Waals surface area contributed by atoms with Crippen LogP contribution in [0.4, 0.5) is 0 Å². The molecule has 3 heterocycles. The molecule has 0 fully saturated rings. The summed E-state index contributed by atoms with van der Waals surface area (Å²) < 4.78 is 8.91. The largest absolute Gasteiger partial charge is 0.458 e. The molecule has 2 aliphatic heterocycles. The van der Waals surface area contributed by atoms with Crippen LogP contribution in [0.25, 0.3) is 38.6 Å². The number of para-hydroxylation sites is 2. The van der Waals surface area contributed by atoms with Crippen LogP contribution in [-0.4, -0.2) is 11.3 Å². The summed E-state index contributed by atoms with van der Waals surface area (Å²) in [6.07, 6.45) is 0. The van der Waals surface area contributed by atoms with Gasteiger partial charge in [0.25, 0.3) is 6.71 Å². The number of ether oxygens (including phenoxy) is 1. The van der Waals surface area contributed by atoms with Gasteiger partial charge in [-0.2, -0.15) is 0 Å². The molecule has 0 saturated heterocycles. The molecule has 0 aliphatic carbocycles. The summed E-state index contributed by atoms with van der Waals surface area (Å²) in [7, 11) is 0. The lowest BCUT2D eigenvalue weighted by atomic mass is 9.33. The fourth-order valence-electron chi connectivity index (χ4n) is 5.99. The zero-order valence-corrected chi connectivity index (χ0v) is 17.8. The first-order valence-electron chi connectivity index (χ1n) is 11.4. The zero-order chi connectivity index (χ0) is 21.5. The van der Waals surface area contributed by atoms with E-state index < -0.39 is 0 Å². The second kappa shape index (κ2) is 6.17. The van der Waals surface area contributed by atoms with Crippen molar-refractivity contribution >= 4 is 44.9 Å². The predicted molar refractivity (Wildman–Crippen MR) is 137 cm³/mol. The van der Waals surface area contributed by atoms with E-state index in [9.17, 15) is 0 Å². The summed E-state index contributed by atoms with van der Waals surface area (Å²) in [4.78, 5) is 0. The second-order valence-corrected chi connectivity index (χ2v) is 8.90. The first-order chi connectivity index (χ1) is 16.4. The third-order valence-corrected chi connectivity index (χ3v) is 7.27. The maximum atomic E-state index is 6.46. The lowest BCUT2D eigenvalue weighted by Gasteiger charge is -2.34. The molecule has 1 aromatic heterocycles. The molecule has 6 aromatic rings. The molecule has 0 amide bonds. The molecule has 0 saturated carbocycles. The molecule has 152 valence electrons. The van der Waals surface area contributed by atoms with Gasteiger partial charge in [-0.05, 0) is 51.8 Å². The quantitative estimate of drug-likeness (QED) is 0.326. The van der Waals surface area contributed by atoms with Crippen LogP contribution in [0.3, 0.4) is 0 Å². The van der Waals surface area contributed by atoms with Crippen LogP contribution in [-0.2, 0) is 0 Å². The van der Waals surface area contributed by atoms with Crippen LogP contribution >= 0.6 is 0 Å². The van der Waals surface area contributed by atoms with Crippen molar-refractivity contribution in [3.05, 3.63) is 109 Å². The average molecular weight is 419 g/mol. The minimum atomic E-state index is 0.122. The highest BCUT2D eigenvalue weighted by atomic mass is 16.5. The fraction of sp³-hybridized carbons (Fsp3) is 0. The minimum absolute atomic E-state index is 0.122. The number of aromatic nitrogens is 1. The summed E-state index contributed by atoms with van der Waals surface area (Å²) in [5.41, 5.74) is 10.2. The Morgan fingerprint density at radius 3 is 2.30 bits per heavy atom. The molecule has 2 aliphatic rings. The average Bonchev–Trinajstić information content (AvgIpc) is 3.22. The maximum Gasteiger partial charge on any atom is 0.257 e. The highest BCUT2D eigenvalue weighted by Crippen LogP contribution is 2.39. The van der Waals surface area contributed by atoms with Crippen LogP contribution in [0.2, 0.25) is 0 Å². The van der Waals surface area contributed by atoms with Crippen LogP contribution in [0.5, 0.6) is 11.5 Å². The van der Waals surface area contributed by atoms with Gasteiger partial charge in [-0.3, -0.25) is 0 Å². The van der Waals surface area contributed by atoms with Crippen LogP contribution in [0, 0.1) is 0 Å². The Morgan fingerprint density at radius 2 is 1.36 bits per heavy atom. The lowest BCUT2D eigenvalue weighted by Crippen LogP contribution is -2.58. The van der Waals surface area contributed by atoms with Gasteiger partial charge in [0.2, 0.25) is 0 Å². The number of rotatable bonds is 1. The van der Waals surface area contributed by atoms with Gasteiger partial charge >= 0.3 is 0 Å². The van der Waals surface area contributed by atoms with E-state index in [1.165, 1.54) is 55.0 Å². The van der Waals surface area contributed by atoms with Gasteiger partial charge in [0, 0.05) is 22.0 Å². The molecule has 0 bridgehead atoms. The van der Waals surface area contributed by atoms with E-state index in [1.54, 1.807) is 0 Å². The molecule has 0 unspecified atom stereocenters. The topological polar surface area (TPSA) is 14.2 Å². The van der Waals surface area contributed by atoms with Gasteiger partial charge in [0.15, 0.2) is 0 Å². The van der Waals surface area contributed by atoms with Crippen molar-refractivity contribution < 1.29 is 4.74 Å². The maximum absolute atomic E-state index is 6.46. The third-order valence-electron chi connectivity index (χ3n) is 7.27. The third kappa shape index (κ3) is 2.14. The van der Waals surface area contributed by atoms with Crippen molar-refractivity contribution in [2.24, 2.45) is 0 Å². The van der Waals surface area contributed by atoms with Gasteiger partial charge in [-0.25, -0.2) is 0 Å². The molecular formula is C30H18BNO. The SMILES string of the molecule is c1ccc(-c2ccc3c4ccccc4n4c3c2B2c3ccccc3Oc3cccc-4c32)cc1. The number of benzene rings is 5. The molecule has 0 spiro atoms. The van der Waals surface area contributed by atoms with E-state index in [0.717, 1.165) is 11.5 Å². The Hall–Kier alpha value is -4.24. The highest BCUT2D eigenvalue weighted by Gasteiger charge is 2.41. The monoisotopic (exact) mass is 419 g/mol.